The van der Waals surface area contributed by atoms with Gasteiger partial charge in [0, 0.05) is 11.6 Å². The van der Waals surface area contributed by atoms with Crippen molar-refractivity contribution in [3.05, 3.63) is 53.6 Å². The van der Waals surface area contributed by atoms with Gasteiger partial charge in [-0.3, -0.25) is 15.2 Å². The molecular weight excluding hydrogens is 334 g/mol. The van der Waals surface area contributed by atoms with Gasteiger partial charge in [-0.05, 0) is 36.4 Å². The second-order valence-corrected chi connectivity index (χ2v) is 5.22. The minimum Gasteiger partial charge on any atom is -0.497 e. The Balaban J connectivity index is 1.79. The van der Waals surface area contributed by atoms with Crippen LogP contribution in [0.4, 0.5) is 5.95 Å². The third-order valence-electron chi connectivity index (χ3n) is 3.65. The molecule has 0 radical (unpaired) electrons. The van der Waals surface area contributed by atoms with Crippen LogP contribution in [0.15, 0.2) is 42.5 Å². The quantitative estimate of drug-likeness (QED) is 0.732. The Morgan fingerprint density at radius 2 is 1.92 bits per heavy atom. The molecule has 26 heavy (non-hydrogen) atoms. The summed E-state index contributed by atoms with van der Waals surface area (Å²) in [7, 11) is 3.11. The predicted molar refractivity (Wildman–Crippen MR) is 94.0 cm³/mol. The van der Waals surface area contributed by atoms with Gasteiger partial charge in [-0.1, -0.05) is 0 Å². The van der Waals surface area contributed by atoms with E-state index in [1.807, 2.05) is 6.07 Å². The van der Waals surface area contributed by atoms with E-state index in [0.717, 1.165) is 0 Å². The summed E-state index contributed by atoms with van der Waals surface area (Å²) in [6, 6.07) is 13.6. The first-order valence-electron chi connectivity index (χ1n) is 7.61. The van der Waals surface area contributed by atoms with E-state index in [2.05, 4.69) is 20.5 Å². The minimum atomic E-state index is -0.373. The monoisotopic (exact) mass is 349 g/mol. The summed E-state index contributed by atoms with van der Waals surface area (Å²) < 4.78 is 10.5. The number of hydrogen-bond acceptors (Lipinski definition) is 6. The highest BCUT2D eigenvalue weighted by atomic mass is 16.5. The van der Waals surface area contributed by atoms with Crippen LogP contribution >= 0.6 is 0 Å². The Kier molecular flexibility index (Phi) is 4.80. The van der Waals surface area contributed by atoms with Crippen molar-refractivity contribution < 1.29 is 14.3 Å². The van der Waals surface area contributed by atoms with E-state index in [1.165, 1.54) is 0 Å². The molecule has 0 saturated carbocycles. The fourth-order valence-corrected chi connectivity index (χ4v) is 2.30. The van der Waals surface area contributed by atoms with Gasteiger partial charge in [0.25, 0.3) is 5.91 Å². The second-order valence-electron chi connectivity index (χ2n) is 5.22. The molecule has 1 amide bonds. The van der Waals surface area contributed by atoms with Crippen LogP contribution in [0.2, 0.25) is 0 Å². The number of methoxy groups -OCH3 is 2. The molecule has 0 aliphatic rings. The standard InChI is InChI=1S/C18H15N5O3/c1-25-13-7-8-14(15(9-13)26-2)16-20-18(23-22-16)21-17(24)12-5-3-11(10-19)4-6-12/h3-9H,1-2H3,(H2,20,21,22,23,24). The van der Waals surface area contributed by atoms with Crippen LogP contribution in [-0.4, -0.2) is 35.3 Å². The Bertz CT molecular complexity index is 973. The third kappa shape index (κ3) is 3.47. The topological polar surface area (TPSA) is 113 Å². The highest BCUT2D eigenvalue weighted by molar-refractivity contribution is 6.03. The molecule has 0 saturated heterocycles. The highest BCUT2D eigenvalue weighted by Gasteiger charge is 2.14. The lowest BCUT2D eigenvalue weighted by atomic mass is 10.1. The number of amides is 1. The summed E-state index contributed by atoms with van der Waals surface area (Å²) in [6.45, 7) is 0. The Labute approximate surface area is 149 Å². The van der Waals surface area contributed by atoms with E-state index >= 15 is 0 Å². The number of nitriles is 1. The summed E-state index contributed by atoms with van der Waals surface area (Å²) in [5, 5.41) is 18.2. The van der Waals surface area contributed by atoms with E-state index in [-0.39, 0.29) is 11.9 Å². The molecule has 3 rings (SSSR count). The smallest absolute Gasteiger partial charge is 0.258 e. The Morgan fingerprint density at radius 3 is 2.58 bits per heavy atom. The summed E-state index contributed by atoms with van der Waals surface area (Å²) in [5.41, 5.74) is 1.56. The molecule has 8 heteroatoms. The average molecular weight is 349 g/mol. The maximum absolute atomic E-state index is 12.2. The third-order valence-corrected chi connectivity index (χ3v) is 3.65. The van der Waals surface area contributed by atoms with Crippen molar-refractivity contribution in [1.82, 2.24) is 15.2 Å². The zero-order valence-corrected chi connectivity index (χ0v) is 14.1. The van der Waals surface area contributed by atoms with Crippen molar-refractivity contribution in [3.63, 3.8) is 0 Å². The van der Waals surface area contributed by atoms with Crippen LogP contribution in [0.1, 0.15) is 15.9 Å². The molecule has 0 aliphatic heterocycles. The van der Waals surface area contributed by atoms with E-state index in [4.69, 9.17) is 14.7 Å². The summed E-state index contributed by atoms with van der Waals surface area (Å²) in [6.07, 6.45) is 0. The number of H-pyrrole nitrogens is 1. The van der Waals surface area contributed by atoms with Crippen molar-refractivity contribution in [2.75, 3.05) is 19.5 Å². The molecule has 1 aromatic heterocycles. The van der Waals surface area contributed by atoms with E-state index < -0.39 is 0 Å². The molecule has 1 heterocycles. The number of carbonyl (C=O) groups excluding carboxylic acids is 1. The van der Waals surface area contributed by atoms with E-state index in [0.29, 0.717) is 34.0 Å². The van der Waals surface area contributed by atoms with Gasteiger partial charge in [0.2, 0.25) is 5.95 Å². The van der Waals surface area contributed by atoms with Crippen LogP contribution in [-0.2, 0) is 0 Å². The number of nitrogens with one attached hydrogen (secondary N) is 2. The second kappa shape index (κ2) is 7.36. The van der Waals surface area contributed by atoms with Crippen LogP contribution in [0, 0.1) is 11.3 Å². The van der Waals surface area contributed by atoms with Crippen LogP contribution in [0.25, 0.3) is 11.4 Å². The molecule has 0 bridgehead atoms. The first kappa shape index (κ1) is 17.0. The molecule has 2 aromatic carbocycles. The lowest BCUT2D eigenvalue weighted by Gasteiger charge is -2.07. The number of aromatic nitrogens is 3. The van der Waals surface area contributed by atoms with Crippen LogP contribution < -0.4 is 14.8 Å². The number of nitrogens with zero attached hydrogens (tertiary/aromatic N) is 3. The fraction of sp³-hybridized carbons (Fsp3) is 0.111. The van der Waals surface area contributed by atoms with Gasteiger partial charge in [0.05, 0.1) is 31.4 Å². The van der Waals surface area contributed by atoms with Gasteiger partial charge in [0.15, 0.2) is 5.82 Å². The number of anilines is 1. The molecule has 8 nitrogen and oxygen atoms in total. The summed E-state index contributed by atoms with van der Waals surface area (Å²) in [4.78, 5) is 16.5. The number of benzene rings is 2. The van der Waals surface area contributed by atoms with Crippen LogP contribution in [0.5, 0.6) is 11.5 Å². The van der Waals surface area contributed by atoms with E-state index in [1.54, 1.807) is 56.7 Å². The lowest BCUT2D eigenvalue weighted by molar-refractivity contribution is 0.102. The molecule has 0 spiro atoms. The summed E-state index contributed by atoms with van der Waals surface area (Å²) >= 11 is 0. The zero-order chi connectivity index (χ0) is 18.5. The number of hydrogen-bond donors (Lipinski definition) is 2. The normalized spacial score (nSPS) is 10.0. The maximum Gasteiger partial charge on any atom is 0.258 e. The van der Waals surface area contributed by atoms with Gasteiger partial charge in [-0.25, -0.2) is 0 Å². The van der Waals surface area contributed by atoms with Crippen molar-refractivity contribution in [2.45, 2.75) is 0 Å². The molecular formula is C18H15N5O3. The van der Waals surface area contributed by atoms with Crippen molar-refractivity contribution >= 4 is 11.9 Å². The first-order valence-corrected chi connectivity index (χ1v) is 7.61. The molecule has 2 N–H and O–H groups in total. The van der Waals surface area contributed by atoms with Crippen LogP contribution in [0.3, 0.4) is 0 Å². The number of aromatic amines is 1. The number of ether oxygens (including phenoxy) is 2. The van der Waals surface area contributed by atoms with Gasteiger partial charge in [-0.15, -0.1) is 5.10 Å². The molecule has 0 unspecified atom stereocenters. The van der Waals surface area contributed by atoms with Gasteiger partial charge in [0.1, 0.15) is 11.5 Å². The fourth-order valence-electron chi connectivity index (χ4n) is 2.30. The molecule has 0 aliphatic carbocycles. The molecule has 3 aromatic rings. The number of carbonyl (C=O) groups is 1. The summed E-state index contributed by atoms with van der Waals surface area (Å²) in [5.74, 6) is 1.42. The Morgan fingerprint density at radius 1 is 1.15 bits per heavy atom. The number of rotatable bonds is 5. The predicted octanol–water partition coefficient (Wildman–Crippen LogP) is 2.61. The SMILES string of the molecule is COc1ccc(-c2nc(NC(=O)c3ccc(C#N)cc3)n[nH]2)c(OC)c1. The molecule has 0 fully saturated rings. The molecule has 130 valence electrons. The van der Waals surface area contributed by atoms with Crippen molar-refractivity contribution in [2.24, 2.45) is 0 Å². The first-order chi connectivity index (χ1) is 12.6. The largest absolute Gasteiger partial charge is 0.497 e. The van der Waals surface area contributed by atoms with E-state index in [9.17, 15) is 4.79 Å². The van der Waals surface area contributed by atoms with Gasteiger partial charge in [-0.2, -0.15) is 10.2 Å². The average Bonchev–Trinajstić information content (AvgIpc) is 3.15. The van der Waals surface area contributed by atoms with Crippen molar-refractivity contribution in [3.8, 4) is 29.0 Å². The van der Waals surface area contributed by atoms with Crippen molar-refractivity contribution in [1.29, 1.82) is 5.26 Å². The zero-order valence-electron chi connectivity index (χ0n) is 14.1. The minimum absolute atomic E-state index is 0.132. The van der Waals surface area contributed by atoms with Gasteiger partial charge < -0.3 is 9.47 Å². The highest BCUT2D eigenvalue weighted by Crippen LogP contribution is 2.31. The Hall–Kier alpha value is -3.86. The maximum atomic E-state index is 12.2. The van der Waals surface area contributed by atoms with Gasteiger partial charge >= 0.3 is 0 Å². The molecule has 0 atom stereocenters. The lowest BCUT2D eigenvalue weighted by Crippen LogP contribution is -2.12.